The molecule has 0 saturated heterocycles. The van der Waals surface area contributed by atoms with Crippen LogP contribution >= 0.6 is 11.8 Å². The van der Waals surface area contributed by atoms with Gasteiger partial charge >= 0.3 is 0 Å². The number of furan rings is 1. The van der Waals surface area contributed by atoms with Crippen LogP contribution in [0.25, 0.3) is 11.4 Å². The van der Waals surface area contributed by atoms with Crippen molar-refractivity contribution in [3.05, 3.63) is 60.6 Å². The number of nitrogens with zero attached hydrogens (tertiary/aromatic N) is 4. The van der Waals surface area contributed by atoms with E-state index in [0.717, 1.165) is 11.3 Å². The van der Waals surface area contributed by atoms with Crippen LogP contribution in [-0.4, -0.2) is 26.4 Å². The van der Waals surface area contributed by atoms with Crippen LogP contribution < -0.4 is 5.32 Å². The molecule has 0 saturated carbocycles. The number of anilines is 1. The van der Waals surface area contributed by atoms with Crippen LogP contribution in [0.5, 0.6) is 0 Å². The third-order valence-electron chi connectivity index (χ3n) is 3.78. The smallest absolute Gasteiger partial charge is 0.234 e. The highest BCUT2D eigenvalue weighted by Crippen LogP contribution is 2.27. The quantitative estimate of drug-likeness (QED) is 0.497. The van der Waals surface area contributed by atoms with E-state index in [4.69, 9.17) is 9.68 Å². The molecule has 1 amide bonds. The van der Waals surface area contributed by atoms with Gasteiger partial charge in [-0.1, -0.05) is 30.0 Å². The monoisotopic (exact) mass is 379 g/mol. The summed E-state index contributed by atoms with van der Waals surface area (Å²) < 4.78 is 7.22. The normalized spacial score (nSPS) is 10.4. The van der Waals surface area contributed by atoms with Gasteiger partial charge in [-0.2, -0.15) is 5.26 Å². The van der Waals surface area contributed by atoms with E-state index in [9.17, 15) is 4.79 Å². The van der Waals surface area contributed by atoms with Crippen LogP contribution in [-0.2, 0) is 11.3 Å². The lowest BCUT2D eigenvalue weighted by molar-refractivity contribution is -0.113. The second-order valence-corrected chi connectivity index (χ2v) is 6.53. The molecule has 3 rings (SSSR count). The fraction of sp³-hybridized carbons (Fsp3) is 0.158. The van der Waals surface area contributed by atoms with Gasteiger partial charge in [0.15, 0.2) is 11.0 Å². The summed E-state index contributed by atoms with van der Waals surface area (Å²) in [5, 5.41) is 20.9. The first kappa shape index (κ1) is 18.5. The zero-order chi connectivity index (χ0) is 19.2. The van der Waals surface area contributed by atoms with Gasteiger partial charge in [0.2, 0.25) is 5.91 Å². The van der Waals surface area contributed by atoms with Crippen molar-refractivity contribution in [1.82, 2.24) is 14.8 Å². The SMILES string of the molecule is C=CCn1c(SCC(=O)Nc2ccccc2C#N)nnc1-c1ccoc1C. The first-order valence-corrected chi connectivity index (χ1v) is 9.13. The van der Waals surface area contributed by atoms with Crippen LogP contribution in [0.2, 0.25) is 0 Å². The molecule has 0 aliphatic carbocycles. The molecule has 3 aromatic rings. The van der Waals surface area contributed by atoms with E-state index in [2.05, 4.69) is 28.2 Å². The van der Waals surface area contributed by atoms with Crippen molar-refractivity contribution in [2.24, 2.45) is 0 Å². The van der Waals surface area contributed by atoms with E-state index in [1.54, 1.807) is 36.6 Å². The molecule has 2 heterocycles. The van der Waals surface area contributed by atoms with Crippen LogP contribution in [0.3, 0.4) is 0 Å². The molecule has 0 unspecified atom stereocenters. The summed E-state index contributed by atoms with van der Waals surface area (Å²) in [7, 11) is 0. The molecule has 0 aliphatic heterocycles. The van der Waals surface area contributed by atoms with Crippen LogP contribution in [0.1, 0.15) is 11.3 Å². The third kappa shape index (κ3) is 4.10. The molecule has 0 radical (unpaired) electrons. The molecule has 0 bridgehead atoms. The Morgan fingerprint density at radius 3 is 2.93 bits per heavy atom. The lowest BCUT2D eigenvalue weighted by Gasteiger charge is -2.08. The summed E-state index contributed by atoms with van der Waals surface area (Å²) >= 11 is 1.27. The molecule has 136 valence electrons. The molecule has 0 spiro atoms. The summed E-state index contributed by atoms with van der Waals surface area (Å²) in [4.78, 5) is 12.3. The summed E-state index contributed by atoms with van der Waals surface area (Å²) in [5.41, 5.74) is 1.76. The molecule has 1 N–H and O–H groups in total. The van der Waals surface area contributed by atoms with Crippen molar-refractivity contribution >= 4 is 23.4 Å². The summed E-state index contributed by atoms with van der Waals surface area (Å²) in [6.45, 7) is 6.14. The minimum Gasteiger partial charge on any atom is -0.469 e. The summed E-state index contributed by atoms with van der Waals surface area (Å²) in [5.74, 6) is 1.32. The molecule has 0 atom stereocenters. The van der Waals surface area contributed by atoms with E-state index in [1.165, 1.54) is 11.8 Å². The van der Waals surface area contributed by atoms with Crippen molar-refractivity contribution in [2.75, 3.05) is 11.1 Å². The van der Waals surface area contributed by atoms with Gasteiger partial charge in [0.1, 0.15) is 11.8 Å². The van der Waals surface area contributed by atoms with Crippen molar-refractivity contribution in [2.45, 2.75) is 18.6 Å². The Bertz CT molecular complexity index is 1020. The Morgan fingerprint density at radius 1 is 1.41 bits per heavy atom. The first-order valence-electron chi connectivity index (χ1n) is 8.14. The van der Waals surface area contributed by atoms with Gasteiger partial charge in [0.25, 0.3) is 0 Å². The Hall–Kier alpha value is -3.31. The topological polar surface area (TPSA) is 96.7 Å². The Balaban J connectivity index is 1.73. The minimum atomic E-state index is -0.225. The van der Waals surface area contributed by atoms with E-state index in [-0.39, 0.29) is 11.7 Å². The minimum absolute atomic E-state index is 0.138. The van der Waals surface area contributed by atoms with Crippen molar-refractivity contribution < 1.29 is 9.21 Å². The number of nitrogens with one attached hydrogen (secondary N) is 1. The molecule has 2 aromatic heterocycles. The Kier molecular flexibility index (Phi) is 5.74. The van der Waals surface area contributed by atoms with Crippen LogP contribution in [0, 0.1) is 18.3 Å². The highest BCUT2D eigenvalue weighted by atomic mass is 32.2. The summed E-state index contributed by atoms with van der Waals surface area (Å²) in [6, 6.07) is 10.8. The molecule has 27 heavy (non-hydrogen) atoms. The lowest BCUT2D eigenvalue weighted by Crippen LogP contribution is -2.15. The van der Waals surface area contributed by atoms with Crippen LogP contribution in [0.15, 0.2) is 58.8 Å². The number of allylic oxidation sites excluding steroid dienone is 1. The molecule has 0 aliphatic rings. The van der Waals surface area contributed by atoms with Gasteiger partial charge in [0.05, 0.1) is 28.8 Å². The van der Waals surface area contributed by atoms with Crippen molar-refractivity contribution in [3.63, 3.8) is 0 Å². The number of aryl methyl sites for hydroxylation is 1. The molecular formula is C19H17N5O2S. The number of hydrogen-bond acceptors (Lipinski definition) is 6. The maximum atomic E-state index is 12.3. The Morgan fingerprint density at radius 2 is 2.22 bits per heavy atom. The maximum Gasteiger partial charge on any atom is 0.234 e. The zero-order valence-electron chi connectivity index (χ0n) is 14.7. The van der Waals surface area contributed by atoms with Gasteiger partial charge in [-0.15, -0.1) is 16.8 Å². The second kappa shape index (κ2) is 8.38. The average molecular weight is 379 g/mol. The van der Waals surface area contributed by atoms with Gasteiger partial charge in [0, 0.05) is 6.54 Å². The molecule has 0 fully saturated rings. The van der Waals surface area contributed by atoms with Crippen molar-refractivity contribution in [1.29, 1.82) is 5.26 Å². The highest BCUT2D eigenvalue weighted by molar-refractivity contribution is 7.99. The standard InChI is InChI=1S/C19H17N5O2S/c1-3-9-24-18(15-8-10-26-13(15)2)22-23-19(24)27-12-17(25)21-16-7-5-4-6-14(16)11-20/h3-8,10H,1,9,12H2,2H3,(H,21,25). The number of thioether (sulfide) groups is 1. The number of hydrogen-bond donors (Lipinski definition) is 1. The number of aromatic nitrogens is 3. The number of amides is 1. The van der Waals surface area contributed by atoms with Crippen molar-refractivity contribution in [3.8, 4) is 17.5 Å². The predicted molar refractivity (Wildman–Crippen MR) is 103 cm³/mol. The number of carbonyl (C=O) groups excluding carboxylic acids is 1. The van der Waals surface area contributed by atoms with E-state index in [0.29, 0.717) is 28.8 Å². The zero-order valence-corrected chi connectivity index (χ0v) is 15.5. The number of para-hydroxylation sites is 1. The van der Waals surface area contributed by atoms with Gasteiger partial charge in [-0.05, 0) is 25.1 Å². The van der Waals surface area contributed by atoms with Gasteiger partial charge in [-0.3, -0.25) is 9.36 Å². The van der Waals surface area contributed by atoms with E-state index < -0.39 is 0 Å². The lowest BCUT2D eigenvalue weighted by atomic mass is 10.2. The number of nitriles is 1. The highest BCUT2D eigenvalue weighted by Gasteiger charge is 2.17. The van der Waals surface area contributed by atoms with Crippen LogP contribution in [0.4, 0.5) is 5.69 Å². The van der Waals surface area contributed by atoms with E-state index >= 15 is 0 Å². The summed E-state index contributed by atoms with van der Waals surface area (Å²) in [6.07, 6.45) is 3.35. The van der Waals surface area contributed by atoms with Gasteiger partial charge < -0.3 is 9.73 Å². The number of rotatable bonds is 7. The average Bonchev–Trinajstić information content (AvgIpc) is 3.26. The second-order valence-electron chi connectivity index (χ2n) is 5.59. The largest absolute Gasteiger partial charge is 0.469 e. The fourth-order valence-electron chi connectivity index (χ4n) is 2.51. The number of carbonyl (C=O) groups is 1. The van der Waals surface area contributed by atoms with E-state index in [1.807, 2.05) is 17.6 Å². The number of benzene rings is 1. The molecule has 8 heteroatoms. The van der Waals surface area contributed by atoms with Gasteiger partial charge in [-0.25, -0.2) is 0 Å². The fourth-order valence-corrected chi connectivity index (χ4v) is 3.26. The molecule has 7 nitrogen and oxygen atoms in total. The maximum absolute atomic E-state index is 12.3. The predicted octanol–water partition coefficient (Wildman–Crippen LogP) is 3.64. The molecular weight excluding hydrogens is 362 g/mol. The third-order valence-corrected chi connectivity index (χ3v) is 4.75. The Labute approximate surface area is 160 Å². The first-order chi connectivity index (χ1) is 13.1. The molecule has 1 aromatic carbocycles.